The fraction of sp³-hybridized carbons (Fsp3) is 0.545. The van der Waals surface area contributed by atoms with E-state index in [0.29, 0.717) is 0 Å². The second kappa shape index (κ2) is 7.59. The van der Waals surface area contributed by atoms with Gasteiger partial charge in [-0.1, -0.05) is 25.2 Å². The fourth-order valence-electron chi connectivity index (χ4n) is 0.976. The van der Waals surface area contributed by atoms with Gasteiger partial charge < -0.3 is 5.11 Å². The van der Waals surface area contributed by atoms with Crippen molar-refractivity contribution in [2.45, 2.75) is 32.6 Å². The number of carboxylic acids is 1. The molecule has 0 radical (unpaired) electrons. The monoisotopic (exact) mass is 182 g/mol. The Morgan fingerprint density at radius 1 is 1.54 bits per heavy atom. The summed E-state index contributed by atoms with van der Waals surface area (Å²) in [7, 11) is 0. The van der Waals surface area contributed by atoms with Crippen LogP contribution in [0.3, 0.4) is 0 Å². The summed E-state index contributed by atoms with van der Waals surface area (Å²) in [5, 5.41) is 8.59. The van der Waals surface area contributed by atoms with E-state index in [1.807, 2.05) is 6.08 Å². The third kappa shape index (κ3) is 7.32. The van der Waals surface area contributed by atoms with Gasteiger partial charge >= 0.3 is 5.97 Å². The lowest BCUT2D eigenvalue weighted by molar-refractivity contribution is -0.141. The summed E-state index contributed by atoms with van der Waals surface area (Å²) >= 11 is 0. The molecule has 0 aliphatic rings. The largest absolute Gasteiger partial charge is 0.481 e. The van der Waals surface area contributed by atoms with Crippen molar-refractivity contribution in [2.75, 3.05) is 0 Å². The van der Waals surface area contributed by atoms with Gasteiger partial charge in [0, 0.05) is 0 Å². The van der Waals surface area contributed by atoms with Gasteiger partial charge in [0.05, 0.1) is 5.92 Å². The van der Waals surface area contributed by atoms with Crippen LogP contribution in [0, 0.1) is 5.92 Å². The van der Waals surface area contributed by atoms with E-state index >= 15 is 0 Å². The zero-order chi connectivity index (χ0) is 10.1. The van der Waals surface area contributed by atoms with Gasteiger partial charge in [0.1, 0.15) is 0 Å². The molecule has 0 fully saturated rings. The molecule has 2 heteroatoms. The first-order valence-electron chi connectivity index (χ1n) is 4.67. The van der Waals surface area contributed by atoms with Crippen molar-refractivity contribution >= 4 is 5.97 Å². The first kappa shape index (κ1) is 11.9. The van der Waals surface area contributed by atoms with Gasteiger partial charge in [0.2, 0.25) is 0 Å². The lowest BCUT2D eigenvalue weighted by Crippen LogP contribution is -2.08. The molecular weight excluding hydrogens is 164 g/mol. The highest BCUT2D eigenvalue weighted by molar-refractivity contribution is 5.69. The Morgan fingerprint density at radius 3 is 2.77 bits per heavy atom. The van der Waals surface area contributed by atoms with Gasteiger partial charge in [-0.3, -0.25) is 4.79 Å². The molecule has 1 atom stereocenters. The zero-order valence-electron chi connectivity index (χ0n) is 8.20. The second-order valence-corrected chi connectivity index (χ2v) is 3.17. The van der Waals surface area contributed by atoms with Crippen molar-refractivity contribution in [3.63, 3.8) is 0 Å². The molecular formula is C11H18O2. The van der Waals surface area contributed by atoms with Crippen LogP contribution in [0.25, 0.3) is 0 Å². The van der Waals surface area contributed by atoms with Crippen LogP contribution in [0.15, 0.2) is 24.8 Å². The molecule has 0 rings (SSSR count). The minimum absolute atomic E-state index is 0.215. The highest BCUT2D eigenvalue weighted by atomic mass is 16.4. The molecule has 0 aliphatic heterocycles. The molecule has 13 heavy (non-hydrogen) atoms. The minimum atomic E-state index is -0.699. The van der Waals surface area contributed by atoms with Gasteiger partial charge in [-0.2, -0.15) is 0 Å². The number of hydrogen-bond acceptors (Lipinski definition) is 1. The van der Waals surface area contributed by atoms with E-state index < -0.39 is 5.97 Å². The predicted molar refractivity (Wildman–Crippen MR) is 54.6 cm³/mol. The van der Waals surface area contributed by atoms with Gasteiger partial charge in [-0.25, -0.2) is 0 Å². The first-order chi connectivity index (χ1) is 6.18. The molecule has 0 aromatic carbocycles. The Morgan fingerprint density at radius 2 is 2.23 bits per heavy atom. The summed E-state index contributed by atoms with van der Waals surface area (Å²) in [6.45, 7) is 5.35. The molecule has 0 saturated heterocycles. The molecule has 1 N–H and O–H groups in total. The van der Waals surface area contributed by atoms with E-state index in [4.69, 9.17) is 5.11 Å². The standard InChI is InChI=1S/C11H18O2/c1-3-4-5-6-7-8-9-10(2)11(12)13/h3,5-6,10H,1,4,7-9H2,2H3,(H,12,13). The van der Waals surface area contributed by atoms with Crippen LogP contribution in [-0.2, 0) is 4.79 Å². The summed E-state index contributed by atoms with van der Waals surface area (Å²) in [4.78, 5) is 10.4. The second-order valence-electron chi connectivity index (χ2n) is 3.17. The Labute approximate surface area is 80.0 Å². The number of allylic oxidation sites excluding steroid dienone is 3. The lowest BCUT2D eigenvalue weighted by Gasteiger charge is -2.02. The summed E-state index contributed by atoms with van der Waals surface area (Å²) in [5.41, 5.74) is 0. The first-order valence-corrected chi connectivity index (χ1v) is 4.67. The Hall–Kier alpha value is -1.05. The van der Waals surface area contributed by atoms with E-state index in [1.165, 1.54) is 0 Å². The molecule has 74 valence electrons. The number of aliphatic carboxylic acids is 1. The molecule has 1 unspecified atom stereocenters. The minimum Gasteiger partial charge on any atom is -0.481 e. The van der Waals surface area contributed by atoms with Crippen LogP contribution < -0.4 is 0 Å². The smallest absolute Gasteiger partial charge is 0.306 e. The van der Waals surface area contributed by atoms with Crippen LogP contribution in [-0.4, -0.2) is 11.1 Å². The van der Waals surface area contributed by atoms with Crippen molar-refractivity contribution in [2.24, 2.45) is 5.92 Å². The van der Waals surface area contributed by atoms with Crippen molar-refractivity contribution in [1.29, 1.82) is 0 Å². The topological polar surface area (TPSA) is 37.3 Å². The predicted octanol–water partition coefficient (Wildman–Crippen LogP) is 3.01. The number of rotatable bonds is 7. The lowest BCUT2D eigenvalue weighted by atomic mass is 10.0. The Bertz CT molecular complexity index is 183. The maximum absolute atomic E-state index is 10.4. The van der Waals surface area contributed by atoms with Crippen LogP contribution in [0.2, 0.25) is 0 Å². The molecule has 0 aromatic heterocycles. The molecule has 0 aliphatic carbocycles. The number of carbonyl (C=O) groups is 1. The fourth-order valence-corrected chi connectivity index (χ4v) is 0.976. The molecule has 0 spiro atoms. The number of hydrogen-bond donors (Lipinski definition) is 1. The van der Waals surface area contributed by atoms with Crippen LogP contribution in [0.4, 0.5) is 0 Å². The van der Waals surface area contributed by atoms with Crippen LogP contribution >= 0.6 is 0 Å². The number of carboxylic acid groups (broad SMARTS) is 1. The summed E-state index contributed by atoms with van der Waals surface area (Å²) < 4.78 is 0. The molecule has 0 heterocycles. The molecule has 0 amide bonds. The van der Waals surface area contributed by atoms with Crippen LogP contribution in [0.1, 0.15) is 32.6 Å². The van der Waals surface area contributed by atoms with E-state index in [9.17, 15) is 4.79 Å². The SMILES string of the molecule is C=CCC=CCCCC(C)C(=O)O. The van der Waals surface area contributed by atoms with E-state index in [1.54, 1.807) is 6.92 Å². The van der Waals surface area contributed by atoms with Crippen LogP contribution in [0.5, 0.6) is 0 Å². The van der Waals surface area contributed by atoms with Crippen molar-refractivity contribution < 1.29 is 9.90 Å². The molecule has 0 saturated carbocycles. The zero-order valence-corrected chi connectivity index (χ0v) is 8.20. The van der Waals surface area contributed by atoms with Gasteiger partial charge in [-0.15, -0.1) is 6.58 Å². The average molecular weight is 182 g/mol. The highest BCUT2D eigenvalue weighted by Gasteiger charge is 2.08. The van der Waals surface area contributed by atoms with Gasteiger partial charge in [0.15, 0.2) is 0 Å². The van der Waals surface area contributed by atoms with Crippen molar-refractivity contribution in [3.05, 3.63) is 24.8 Å². The average Bonchev–Trinajstić information content (AvgIpc) is 2.10. The highest BCUT2D eigenvalue weighted by Crippen LogP contribution is 2.08. The third-order valence-electron chi connectivity index (χ3n) is 1.90. The summed E-state index contributed by atoms with van der Waals surface area (Å²) in [5.74, 6) is -0.914. The Kier molecular flexibility index (Phi) is 6.98. The quantitative estimate of drug-likeness (QED) is 0.485. The van der Waals surface area contributed by atoms with Crippen molar-refractivity contribution in [3.8, 4) is 0 Å². The van der Waals surface area contributed by atoms with Gasteiger partial charge in [0.25, 0.3) is 0 Å². The van der Waals surface area contributed by atoms with E-state index in [2.05, 4.69) is 18.7 Å². The molecule has 0 bridgehead atoms. The van der Waals surface area contributed by atoms with E-state index in [-0.39, 0.29) is 5.92 Å². The van der Waals surface area contributed by atoms with E-state index in [0.717, 1.165) is 25.7 Å². The third-order valence-corrected chi connectivity index (χ3v) is 1.90. The number of unbranched alkanes of at least 4 members (excludes halogenated alkanes) is 1. The Balaban J connectivity index is 3.34. The molecule has 0 aromatic rings. The maximum Gasteiger partial charge on any atom is 0.306 e. The van der Waals surface area contributed by atoms with Crippen molar-refractivity contribution in [1.82, 2.24) is 0 Å². The normalized spacial score (nSPS) is 13.0. The molecule has 2 nitrogen and oxygen atoms in total. The summed E-state index contributed by atoms with van der Waals surface area (Å²) in [6, 6.07) is 0. The summed E-state index contributed by atoms with van der Waals surface area (Å²) in [6.07, 6.45) is 9.54. The maximum atomic E-state index is 10.4. The van der Waals surface area contributed by atoms with Gasteiger partial charge in [-0.05, 0) is 25.7 Å².